The number of amides is 1. The number of aryl methyl sites for hydroxylation is 1. The SMILES string of the molecule is Cc1cc(NC(=O)c2ccc(NSCCO)cc2N2CCC3(CC2)CC3)nc(N2CCOCC2)c1. The number of morpholine rings is 1. The van der Waals surface area contributed by atoms with Crippen LogP contribution in [0.4, 0.5) is 23.0 Å². The molecule has 8 nitrogen and oxygen atoms in total. The fourth-order valence-corrected chi connectivity index (χ4v) is 5.47. The number of aromatic nitrogens is 1. The van der Waals surface area contributed by atoms with Gasteiger partial charge in [0.05, 0.1) is 31.1 Å². The smallest absolute Gasteiger partial charge is 0.258 e. The lowest BCUT2D eigenvalue weighted by Crippen LogP contribution is -2.37. The fraction of sp³-hybridized carbons (Fsp3) is 0.538. The van der Waals surface area contributed by atoms with Crippen LogP contribution in [0.2, 0.25) is 0 Å². The van der Waals surface area contributed by atoms with Crippen LogP contribution in [0.25, 0.3) is 0 Å². The van der Waals surface area contributed by atoms with Gasteiger partial charge >= 0.3 is 0 Å². The van der Waals surface area contributed by atoms with Crippen LogP contribution in [0, 0.1) is 12.3 Å². The molecule has 9 heteroatoms. The number of aliphatic hydroxyl groups is 1. The Balaban J connectivity index is 1.36. The van der Waals surface area contributed by atoms with E-state index in [4.69, 9.17) is 14.8 Å². The maximum Gasteiger partial charge on any atom is 0.258 e. The summed E-state index contributed by atoms with van der Waals surface area (Å²) in [4.78, 5) is 22.8. The van der Waals surface area contributed by atoms with Crippen LogP contribution in [0.1, 0.15) is 41.6 Å². The molecular formula is C26H35N5O3S. The van der Waals surface area contributed by atoms with E-state index in [1.165, 1.54) is 37.6 Å². The van der Waals surface area contributed by atoms with Gasteiger partial charge in [0.25, 0.3) is 5.91 Å². The van der Waals surface area contributed by atoms with Gasteiger partial charge in [-0.25, -0.2) is 4.98 Å². The number of ether oxygens (including phenoxy) is 1. The standard InChI is InChI=1S/C26H35N5O3S/c1-19-16-23(27-24(17-19)31-10-13-34-14-11-31)28-25(33)21-3-2-20(29-35-15-12-32)18-22(21)30-8-6-26(4-5-26)7-9-30/h2-3,16-18,29,32H,4-15H2,1H3,(H,27,28,33). The maximum atomic E-state index is 13.5. The summed E-state index contributed by atoms with van der Waals surface area (Å²) in [5, 5.41) is 12.2. The Morgan fingerprint density at radius 2 is 1.86 bits per heavy atom. The summed E-state index contributed by atoms with van der Waals surface area (Å²) >= 11 is 1.46. The van der Waals surface area contributed by atoms with Crippen molar-refractivity contribution in [2.75, 3.05) is 71.6 Å². The number of hydrogen-bond donors (Lipinski definition) is 3. The molecule has 1 aromatic heterocycles. The van der Waals surface area contributed by atoms with Gasteiger partial charge in [0.2, 0.25) is 0 Å². The van der Waals surface area contributed by atoms with Crippen molar-refractivity contribution >= 4 is 40.9 Å². The van der Waals surface area contributed by atoms with E-state index in [1.54, 1.807) is 0 Å². The van der Waals surface area contributed by atoms with Gasteiger partial charge in [0.15, 0.2) is 0 Å². The number of nitrogens with one attached hydrogen (secondary N) is 2. The highest BCUT2D eigenvalue weighted by atomic mass is 32.2. The second-order valence-corrected chi connectivity index (χ2v) is 10.7. The van der Waals surface area contributed by atoms with Gasteiger partial charge in [0, 0.05) is 37.6 Å². The van der Waals surface area contributed by atoms with Crippen molar-refractivity contribution in [1.82, 2.24) is 4.98 Å². The van der Waals surface area contributed by atoms with Crippen LogP contribution in [-0.4, -0.2) is 67.8 Å². The van der Waals surface area contributed by atoms with E-state index in [0.717, 1.165) is 48.9 Å². The molecule has 5 rings (SSSR count). The van der Waals surface area contributed by atoms with Crippen LogP contribution in [0.5, 0.6) is 0 Å². The molecule has 1 amide bonds. The molecule has 2 aromatic rings. The number of piperidine rings is 1. The summed E-state index contributed by atoms with van der Waals surface area (Å²) in [7, 11) is 0. The summed E-state index contributed by atoms with van der Waals surface area (Å²) in [6.45, 7) is 7.06. The predicted molar refractivity (Wildman–Crippen MR) is 143 cm³/mol. The van der Waals surface area contributed by atoms with E-state index >= 15 is 0 Å². The molecule has 3 fully saturated rings. The van der Waals surface area contributed by atoms with Crippen molar-refractivity contribution < 1.29 is 14.6 Å². The molecule has 0 bridgehead atoms. The number of pyridine rings is 1. The minimum atomic E-state index is -0.146. The molecule has 3 heterocycles. The normalized spacial score (nSPS) is 19.0. The fourth-order valence-electron chi connectivity index (χ4n) is 4.98. The van der Waals surface area contributed by atoms with E-state index in [9.17, 15) is 4.79 Å². The van der Waals surface area contributed by atoms with E-state index in [2.05, 4.69) is 32.0 Å². The summed E-state index contributed by atoms with van der Waals surface area (Å²) in [6.07, 6.45) is 5.07. The van der Waals surface area contributed by atoms with E-state index < -0.39 is 0 Å². The predicted octanol–water partition coefficient (Wildman–Crippen LogP) is 3.91. The van der Waals surface area contributed by atoms with Gasteiger partial charge < -0.3 is 29.7 Å². The molecule has 3 N–H and O–H groups in total. The van der Waals surface area contributed by atoms with Crippen molar-refractivity contribution in [3.8, 4) is 0 Å². The first-order valence-electron chi connectivity index (χ1n) is 12.6. The van der Waals surface area contributed by atoms with E-state index in [-0.39, 0.29) is 12.5 Å². The number of carbonyl (C=O) groups excluding carboxylic acids is 1. The quantitative estimate of drug-likeness (QED) is 0.374. The first-order valence-corrected chi connectivity index (χ1v) is 13.5. The summed E-state index contributed by atoms with van der Waals surface area (Å²) in [5.74, 6) is 1.90. The Labute approximate surface area is 211 Å². The lowest BCUT2D eigenvalue weighted by atomic mass is 9.93. The number of nitrogens with zero attached hydrogens (tertiary/aromatic N) is 3. The number of carbonyl (C=O) groups is 1. The van der Waals surface area contributed by atoms with Crippen molar-refractivity contribution in [2.24, 2.45) is 5.41 Å². The molecule has 188 valence electrons. The Kier molecular flexibility index (Phi) is 7.36. The van der Waals surface area contributed by atoms with Gasteiger partial charge in [-0.1, -0.05) is 11.9 Å². The number of aliphatic hydroxyl groups excluding tert-OH is 1. The van der Waals surface area contributed by atoms with Gasteiger partial charge in [-0.15, -0.1) is 0 Å². The zero-order valence-electron chi connectivity index (χ0n) is 20.4. The third-order valence-electron chi connectivity index (χ3n) is 7.28. The highest BCUT2D eigenvalue weighted by Gasteiger charge is 2.44. The van der Waals surface area contributed by atoms with Gasteiger partial charge in [0.1, 0.15) is 11.6 Å². The number of rotatable bonds is 8. The molecule has 35 heavy (non-hydrogen) atoms. The number of hydrogen-bond acceptors (Lipinski definition) is 8. The topological polar surface area (TPSA) is 90.0 Å². The molecule has 0 unspecified atom stereocenters. The van der Waals surface area contributed by atoms with Gasteiger partial charge in [-0.3, -0.25) is 4.79 Å². The molecular weight excluding hydrogens is 462 g/mol. The molecule has 3 aliphatic rings. The highest BCUT2D eigenvalue weighted by molar-refractivity contribution is 8.00. The summed E-state index contributed by atoms with van der Waals surface area (Å²) in [6, 6.07) is 9.86. The molecule has 0 radical (unpaired) electrons. The lowest BCUT2D eigenvalue weighted by molar-refractivity contribution is 0.102. The van der Waals surface area contributed by atoms with Crippen LogP contribution in [0.15, 0.2) is 30.3 Å². The van der Waals surface area contributed by atoms with Crippen LogP contribution in [0.3, 0.4) is 0 Å². The average Bonchev–Trinajstić information content (AvgIpc) is 3.63. The molecule has 0 atom stereocenters. The van der Waals surface area contributed by atoms with E-state index in [0.29, 0.717) is 35.8 Å². The zero-order chi connectivity index (χ0) is 24.3. The largest absolute Gasteiger partial charge is 0.395 e. The maximum absolute atomic E-state index is 13.5. The molecule has 1 spiro atoms. The molecule has 2 aliphatic heterocycles. The van der Waals surface area contributed by atoms with Crippen LogP contribution >= 0.6 is 11.9 Å². The molecule has 1 aromatic carbocycles. The Hall–Kier alpha value is -2.49. The van der Waals surface area contributed by atoms with Crippen LogP contribution in [-0.2, 0) is 4.74 Å². The molecule has 1 aliphatic carbocycles. The first-order chi connectivity index (χ1) is 17.0. The minimum Gasteiger partial charge on any atom is -0.395 e. The van der Waals surface area contributed by atoms with Crippen molar-refractivity contribution in [2.45, 2.75) is 32.6 Å². The third-order valence-corrected chi connectivity index (χ3v) is 8.05. The Morgan fingerprint density at radius 1 is 1.09 bits per heavy atom. The number of anilines is 4. The van der Waals surface area contributed by atoms with Gasteiger partial charge in [-0.05, 0) is 73.9 Å². The molecule has 2 saturated heterocycles. The lowest BCUT2D eigenvalue weighted by Gasteiger charge is -2.35. The average molecular weight is 498 g/mol. The van der Waals surface area contributed by atoms with E-state index in [1.807, 2.05) is 25.1 Å². The summed E-state index contributed by atoms with van der Waals surface area (Å²) < 4.78 is 8.76. The summed E-state index contributed by atoms with van der Waals surface area (Å²) in [5.41, 5.74) is 4.17. The first kappa shape index (κ1) is 24.2. The van der Waals surface area contributed by atoms with Gasteiger partial charge in [-0.2, -0.15) is 0 Å². The van der Waals surface area contributed by atoms with Crippen molar-refractivity contribution in [3.05, 3.63) is 41.5 Å². The second-order valence-electron chi connectivity index (χ2n) is 9.83. The van der Waals surface area contributed by atoms with Crippen molar-refractivity contribution in [1.29, 1.82) is 0 Å². The zero-order valence-corrected chi connectivity index (χ0v) is 21.2. The van der Waals surface area contributed by atoms with Crippen molar-refractivity contribution in [3.63, 3.8) is 0 Å². The number of benzene rings is 1. The highest BCUT2D eigenvalue weighted by Crippen LogP contribution is 2.54. The Bertz CT molecular complexity index is 1050. The molecule has 1 saturated carbocycles. The van der Waals surface area contributed by atoms with Crippen LogP contribution < -0.4 is 19.8 Å². The minimum absolute atomic E-state index is 0.120. The third kappa shape index (κ3) is 5.85. The monoisotopic (exact) mass is 497 g/mol. The second kappa shape index (κ2) is 10.6. The Morgan fingerprint density at radius 3 is 2.57 bits per heavy atom.